The minimum Gasteiger partial charge on any atom is -0.396 e. The van der Waals surface area contributed by atoms with E-state index >= 15 is 0 Å². The highest BCUT2D eigenvalue weighted by Crippen LogP contribution is 2.22. The van der Waals surface area contributed by atoms with Gasteiger partial charge < -0.3 is 15.3 Å². The van der Waals surface area contributed by atoms with Crippen LogP contribution in [0.15, 0.2) is 24.3 Å². The predicted molar refractivity (Wildman–Crippen MR) is 92.8 cm³/mol. The van der Waals surface area contributed by atoms with Crippen LogP contribution in [-0.4, -0.2) is 55.2 Å². The van der Waals surface area contributed by atoms with Gasteiger partial charge in [0.15, 0.2) is 0 Å². The zero-order chi connectivity index (χ0) is 16.1. The van der Waals surface area contributed by atoms with Crippen molar-refractivity contribution in [3.05, 3.63) is 24.3 Å². The molecule has 0 radical (unpaired) electrons. The molecule has 3 rings (SSSR count). The third-order valence-corrected chi connectivity index (χ3v) is 4.95. The number of hydrogen-bond donors (Lipinski definition) is 2. The van der Waals surface area contributed by atoms with Crippen LogP contribution in [0.4, 0.5) is 11.4 Å². The Labute approximate surface area is 138 Å². The number of nitrogens with one attached hydrogen (secondary N) is 1. The number of nitrogens with zero attached hydrogens (tertiary/aromatic N) is 2. The zero-order valence-corrected chi connectivity index (χ0v) is 13.7. The maximum absolute atomic E-state index is 12.2. The number of hydrogen-bond acceptors (Lipinski definition) is 4. The third kappa shape index (κ3) is 4.45. The van der Waals surface area contributed by atoms with Gasteiger partial charge >= 0.3 is 0 Å². The minimum atomic E-state index is 0.0429. The second kappa shape index (κ2) is 7.79. The highest BCUT2D eigenvalue weighted by atomic mass is 16.3. The monoisotopic (exact) mass is 317 g/mol. The number of piperidine rings is 1. The Kier molecular flexibility index (Phi) is 5.51. The smallest absolute Gasteiger partial charge is 0.238 e. The molecule has 0 bridgehead atoms. The van der Waals surface area contributed by atoms with Crippen LogP contribution >= 0.6 is 0 Å². The summed E-state index contributed by atoms with van der Waals surface area (Å²) >= 11 is 0. The van der Waals surface area contributed by atoms with Gasteiger partial charge in [-0.15, -0.1) is 0 Å². The first-order valence-corrected chi connectivity index (χ1v) is 8.72. The highest BCUT2D eigenvalue weighted by molar-refractivity contribution is 5.92. The van der Waals surface area contributed by atoms with E-state index in [-0.39, 0.29) is 12.5 Å². The summed E-state index contributed by atoms with van der Waals surface area (Å²) in [6.07, 6.45) is 4.50. The summed E-state index contributed by atoms with van der Waals surface area (Å²) in [5, 5.41) is 12.1. The third-order valence-electron chi connectivity index (χ3n) is 4.95. The number of carbonyl (C=O) groups excluding carboxylic acids is 1. The van der Waals surface area contributed by atoms with E-state index in [0.717, 1.165) is 44.7 Å². The summed E-state index contributed by atoms with van der Waals surface area (Å²) in [4.78, 5) is 16.7. The van der Waals surface area contributed by atoms with Crippen molar-refractivity contribution < 1.29 is 9.90 Å². The van der Waals surface area contributed by atoms with E-state index in [0.29, 0.717) is 12.5 Å². The van der Waals surface area contributed by atoms with Crippen LogP contribution in [0.25, 0.3) is 0 Å². The Morgan fingerprint density at radius 2 is 1.74 bits per heavy atom. The van der Waals surface area contributed by atoms with Crippen molar-refractivity contribution in [3.8, 4) is 0 Å². The quantitative estimate of drug-likeness (QED) is 0.871. The van der Waals surface area contributed by atoms with Crippen molar-refractivity contribution in [3.63, 3.8) is 0 Å². The van der Waals surface area contributed by atoms with Crippen molar-refractivity contribution in [2.75, 3.05) is 49.5 Å². The average molecular weight is 317 g/mol. The minimum absolute atomic E-state index is 0.0429. The normalized spacial score (nSPS) is 20.0. The number of benzene rings is 1. The molecule has 5 heteroatoms. The van der Waals surface area contributed by atoms with Crippen LogP contribution < -0.4 is 10.2 Å². The lowest BCUT2D eigenvalue weighted by molar-refractivity contribution is -0.117. The molecule has 23 heavy (non-hydrogen) atoms. The first-order valence-electron chi connectivity index (χ1n) is 8.72. The molecule has 2 N–H and O–H groups in total. The molecular formula is C18H27N3O2. The van der Waals surface area contributed by atoms with Gasteiger partial charge in [0, 0.05) is 31.1 Å². The summed E-state index contributed by atoms with van der Waals surface area (Å²) < 4.78 is 0. The van der Waals surface area contributed by atoms with E-state index in [2.05, 4.69) is 27.2 Å². The van der Waals surface area contributed by atoms with Crippen LogP contribution in [0.1, 0.15) is 25.7 Å². The van der Waals surface area contributed by atoms with E-state index < -0.39 is 0 Å². The van der Waals surface area contributed by atoms with Crippen LogP contribution in [0, 0.1) is 5.92 Å². The van der Waals surface area contributed by atoms with Crippen LogP contribution in [0.3, 0.4) is 0 Å². The largest absolute Gasteiger partial charge is 0.396 e. The fourth-order valence-corrected chi connectivity index (χ4v) is 3.46. The number of aliphatic hydroxyl groups is 1. The summed E-state index contributed by atoms with van der Waals surface area (Å²) in [6.45, 7) is 4.76. The Morgan fingerprint density at radius 3 is 2.35 bits per heavy atom. The maximum Gasteiger partial charge on any atom is 0.238 e. The predicted octanol–water partition coefficient (Wildman–Crippen LogP) is 1.93. The standard InChI is InChI=1S/C18H27N3O2/c22-14-15-7-11-20(12-8-15)13-18(23)19-16-3-5-17(6-4-16)21-9-1-2-10-21/h3-6,15,22H,1-2,7-14H2,(H,19,23). The SMILES string of the molecule is O=C(CN1CCC(CO)CC1)Nc1ccc(N2CCCC2)cc1. The first-order chi connectivity index (χ1) is 11.2. The number of rotatable bonds is 5. The second-order valence-corrected chi connectivity index (χ2v) is 6.69. The Hall–Kier alpha value is -1.59. The lowest BCUT2D eigenvalue weighted by atomic mass is 9.98. The molecule has 1 amide bonds. The van der Waals surface area contributed by atoms with Gasteiger partial charge in [0.2, 0.25) is 5.91 Å². The number of carbonyl (C=O) groups is 1. The summed E-state index contributed by atoms with van der Waals surface area (Å²) in [6, 6.07) is 8.16. The fraction of sp³-hybridized carbons (Fsp3) is 0.611. The Bertz CT molecular complexity index is 504. The number of aliphatic hydroxyl groups excluding tert-OH is 1. The van der Waals surface area contributed by atoms with E-state index in [1.54, 1.807) is 0 Å². The van der Waals surface area contributed by atoms with Crippen LogP contribution in [0.5, 0.6) is 0 Å². The zero-order valence-electron chi connectivity index (χ0n) is 13.7. The van der Waals surface area contributed by atoms with Gasteiger partial charge in [-0.25, -0.2) is 0 Å². The van der Waals surface area contributed by atoms with E-state index in [4.69, 9.17) is 5.11 Å². The van der Waals surface area contributed by atoms with E-state index in [1.807, 2.05) is 12.1 Å². The van der Waals surface area contributed by atoms with Crippen LogP contribution in [-0.2, 0) is 4.79 Å². The molecule has 0 atom stereocenters. The molecule has 1 aromatic rings. The topological polar surface area (TPSA) is 55.8 Å². The summed E-state index contributed by atoms with van der Waals surface area (Å²) in [5.41, 5.74) is 2.11. The first kappa shape index (κ1) is 16.3. The average Bonchev–Trinajstić information content (AvgIpc) is 3.11. The van der Waals surface area contributed by atoms with Crippen molar-refractivity contribution in [1.29, 1.82) is 0 Å². The van der Waals surface area contributed by atoms with Crippen molar-refractivity contribution in [2.45, 2.75) is 25.7 Å². The summed E-state index contributed by atoms with van der Waals surface area (Å²) in [5.74, 6) is 0.453. The molecular weight excluding hydrogens is 290 g/mol. The molecule has 5 nitrogen and oxygen atoms in total. The molecule has 126 valence electrons. The molecule has 0 unspecified atom stereocenters. The number of likely N-dealkylation sites (tertiary alicyclic amines) is 1. The van der Waals surface area contributed by atoms with E-state index in [1.165, 1.54) is 18.5 Å². The molecule has 2 aliphatic rings. The van der Waals surface area contributed by atoms with Gasteiger partial charge in [0.05, 0.1) is 6.54 Å². The second-order valence-electron chi connectivity index (χ2n) is 6.69. The lowest BCUT2D eigenvalue weighted by Gasteiger charge is -2.30. The molecule has 0 aromatic heterocycles. The summed E-state index contributed by atoms with van der Waals surface area (Å²) in [7, 11) is 0. The van der Waals surface area contributed by atoms with E-state index in [9.17, 15) is 4.79 Å². The van der Waals surface area contributed by atoms with Gasteiger partial charge in [-0.1, -0.05) is 0 Å². The molecule has 1 aromatic carbocycles. The van der Waals surface area contributed by atoms with Crippen molar-refractivity contribution in [1.82, 2.24) is 4.90 Å². The van der Waals surface area contributed by atoms with Gasteiger partial charge in [0.25, 0.3) is 0 Å². The van der Waals surface area contributed by atoms with Gasteiger partial charge in [-0.3, -0.25) is 9.69 Å². The van der Waals surface area contributed by atoms with Crippen LogP contribution in [0.2, 0.25) is 0 Å². The molecule has 2 heterocycles. The molecule has 0 saturated carbocycles. The van der Waals surface area contributed by atoms with Gasteiger partial charge in [0.1, 0.15) is 0 Å². The van der Waals surface area contributed by atoms with Gasteiger partial charge in [-0.2, -0.15) is 0 Å². The molecule has 0 spiro atoms. The maximum atomic E-state index is 12.2. The molecule has 2 fully saturated rings. The number of anilines is 2. The lowest BCUT2D eigenvalue weighted by Crippen LogP contribution is -2.39. The molecule has 2 aliphatic heterocycles. The molecule has 2 saturated heterocycles. The Balaban J connectivity index is 1.46. The molecule has 0 aliphatic carbocycles. The highest BCUT2D eigenvalue weighted by Gasteiger charge is 2.20. The Morgan fingerprint density at radius 1 is 1.09 bits per heavy atom. The van der Waals surface area contributed by atoms with Gasteiger partial charge in [-0.05, 0) is 69.0 Å². The fourth-order valence-electron chi connectivity index (χ4n) is 3.46. The van der Waals surface area contributed by atoms with Crippen molar-refractivity contribution >= 4 is 17.3 Å². The number of amides is 1. The van der Waals surface area contributed by atoms with Crippen molar-refractivity contribution in [2.24, 2.45) is 5.92 Å².